The quantitative estimate of drug-likeness (QED) is 0.815. The minimum absolute atomic E-state index is 0.407. The van der Waals surface area contributed by atoms with Gasteiger partial charge in [0.25, 0.3) is 0 Å². The van der Waals surface area contributed by atoms with Gasteiger partial charge >= 0.3 is 0 Å². The topological polar surface area (TPSA) is 29.3 Å². The lowest BCUT2D eigenvalue weighted by atomic mass is 10.1. The maximum atomic E-state index is 5.84. The van der Waals surface area contributed by atoms with Gasteiger partial charge in [-0.1, -0.05) is 12.1 Å². The highest BCUT2D eigenvalue weighted by Crippen LogP contribution is 2.39. The largest absolute Gasteiger partial charge is 0.372 e. The van der Waals surface area contributed by atoms with Crippen LogP contribution in [0.1, 0.15) is 31.7 Å². The van der Waals surface area contributed by atoms with Gasteiger partial charge in [-0.3, -0.25) is 0 Å². The van der Waals surface area contributed by atoms with Gasteiger partial charge in [0.2, 0.25) is 0 Å². The second-order valence-electron chi connectivity index (χ2n) is 4.27. The molecule has 0 amide bonds. The fourth-order valence-electron chi connectivity index (χ4n) is 2.12. The molecule has 82 valence electrons. The van der Waals surface area contributed by atoms with Crippen molar-refractivity contribution in [1.29, 1.82) is 0 Å². The van der Waals surface area contributed by atoms with Crippen molar-refractivity contribution in [2.24, 2.45) is 5.73 Å². The number of anilines is 1. The maximum Gasteiger partial charge on any atom is 0.0366 e. The fourth-order valence-corrected chi connectivity index (χ4v) is 2.12. The Balaban J connectivity index is 2.09. The molecular formula is C13H20N2. The molecule has 1 saturated carbocycles. The number of hydrogen-bond donors (Lipinski definition) is 1. The van der Waals surface area contributed by atoms with Crippen LogP contribution in [0.5, 0.6) is 0 Å². The van der Waals surface area contributed by atoms with E-state index in [1.807, 2.05) is 0 Å². The Morgan fingerprint density at radius 3 is 2.13 bits per heavy atom. The van der Waals surface area contributed by atoms with Gasteiger partial charge < -0.3 is 10.6 Å². The molecule has 1 aliphatic carbocycles. The number of benzene rings is 1. The second-order valence-corrected chi connectivity index (χ2v) is 4.27. The summed E-state index contributed by atoms with van der Waals surface area (Å²) in [5.74, 6) is 0.621. The summed E-state index contributed by atoms with van der Waals surface area (Å²) < 4.78 is 0. The van der Waals surface area contributed by atoms with Crippen LogP contribution in [0.25, 0.3) is 0 Å². The van der Waals surface area contributed by atoms with E-state index in [0.717, 1.165) is 19.5 Å². The normalized spacial score (nSPS) is 23.9. The molecule has 2 rings (SSSR count). The van der Waals surface area contributed by atoms with Crippen molar-refractivity contribution in [2.75, 3.05) is 18.0 Å². The minimum atomic E-state index is 0.407. The molecule has 0 saturated heterocycles. The first-order chi connectivity index (χ1) is 7.26. The highest BCUT2D eigenvalue weighted by atomic mass is 15.1. The lowest BCUT2D eigenvalue weighted by Crippen LogP contribution is -2.21. The molecule has 1 aromatic carbocycles. The van der Waals surface area contributed by atoms with E-state index in [4.69, 9.17) is 5.73 Å². The van der Waals surface area contributed by atoms with Crippen LogP contribution >= 0.6 is 0 Å². The molecule has 0 aliphatic heterocycles. The van der Waals surface area contributed by atoms with Crippen molar-refractivity contribution in [2.45, 2.75) is 32.2 Å². The van der Waals surface area contributed by atoms with Crippen LogP contribution in [0, 0.1) is 0 Å². The molecule has 2 nitrogen and oxygen atoms in total. The third-order valence-corrected chi connectivity index (χ3v) is 3.29. The molecule has 2 heteroatoms. The van der Waals surface area contributed by atoms with Crippen molar-refractivity contribution < 1.29 is 0 Å². The van der Waals surface area contributed by atoms with Crippen molar-refractivity contribution in [3.05, 3.63) is 29.8 Å². The first kappa shape index (κ1) is 10.5. The minimum Gasteiger partial charge on any atom is -0.372 e. The highest BCUT2D eigenvalue weighted by molar-refractivity contribution is 5.48. The zero-order valence-electron chi connectivity index (χ0n) is 9.61. The number of rotatable bonds is 4. The highest BCUT2D eigenvalue weighted by Gasteiger charge is 2.34. The van der Waals surface area contributed by atoms with E-state index in [9.17, 15) is 0 Å². The molecule has 2 N–H and O–H groups in total. The standard InChI is InChI=1S/C13H20N2/c1-3-15(4-2)11-7-5-10(6-8-11)12-9-13(12)14/h5-8,12-13H,3-4,9,14H2,1-2H3/t12-,13+/m0/s1. The van der Waals surface area contributed by atoms with Gasteiger partial charge in [0.1, 0.15) is 0 Å². The molecule has 0 spiro atoms. The molecule has 0 heterocycles. The first-order valence-electron chi connectivity index (χ1n) is 5.86. The summed E-state index contributed by atoms with van der Waals surface area (Å²) in [6.07, 6.45) is 1.16. The van der Waals surface area contributed by atoms with Gasteiger partial charge in [0.05, 0.1) is 0 Å². The lowest BCUT2D eigenvalue weighted by molar-refractivity contribution is 0.865. The van der Waals surface area contributed by atoms with Gasteiger partial charge in [-0.2, -0.15) is 0 Å². The Morgan fingerprint density at radius 1 is 1.20 bits per heavy atom. The Morgan fingerprint density at radius 2 is 1.73 bits per heavy atom. The van der Waals surface area contributed by atoms with Gasteiger partial charge in [-0.25, -0.2) is 0 Å². The van der Waals surface area contributed by atoms with Crippen LogP contribution in [0.4, 0.5) is 5.69 Å². The van der Waals surface area contributed by atoms with Crippen LogP contribution in [0.15, 0.2) is 24.3 Å². The van der Waals surface area contributed by atoms with E-state index in [1.54, 1.807) is 0 Å². The molecule has 0 unspecified atom stereocenters. The van der Waals surface area contributed by atoms with E-state index in [-0.39, 0.29) is 0 Å². The fraction of sp³-hybridized carbons (Fsp3) is 0.538. The van der Waals surface area contributed by atoms with Crippen molar-refractivity contribution >= 4 is 5.69 Å². The van der Waals surface area contributed by atoms with Crippen LogP contribution in [-0.2, 0) is 0 Å². The van der Waals surface area contributed by atoms with E-state index in [0.29, 0.717) is 12.0 Å². The van der Waals surface area contributed by atoms with Gasteiger partial charge in [-0.15, -0.1) is 0 Å². The molecule has 0 aromatic heterocycles. The molecule has 1 aliphatic rings. The SMILES string of the molecule is CCN(CC)c1ccc([C@@H]2C[C@H]2N)cc1. The van der Waals surface area contributed by atoms with Gasteiger partial charge in [0.15, 0.2) is 0 Å². The van der Waals surface area contributed by atoms with Crippen molar-refractivity contribution in [1.82, 2.24) is 0 Å². The summed E-state index contributed by atoms with van der Waals surface area (Å²) in [7, 11) is 0. The average Bonchev–Trinajstić information content (AvgIpc) is 2.98. The van der Waals surface area contributed by atoms with Crippen LogP contribution in [-0.4, -0.2) is 19.1 Å². The Labute approximate surface area is 92.1 Å². The Kier molecular flexibility index (Phi) is 2.96. The zero-order chi connectivity index (χ0) is 10.8. The summed E-state index contributed by atoms with van der Waals surface area (Å²) in [4.78, 5) is 2.36. The Bertz CT molecular complexity index is 314. The molecule has 2 atom stereocenters. The van der Waals surface area contributed by atoms with E-state index >= 15 is 0 Å². The third-order valence-electron chi connectivity index (χ3n) is 3.29. The van der Waals surface area contributed by atoms with Crippen molar-refractivity contribution in [3.63, 3.8) is 0 Å². The summed E-state index contributed by atoms with van der Waals surface area (Å²) in [5, 5.41) is 0. The molecule has 0 bridgehead atoms. The number of nitrogens with zero attached hydrogens (tertiary/aromatic N) is 1. The molecular weight excluding hydrogens is 184 g/mol. The maximum absolute atomic E-state index is 5.84. The number of hydrogen-bond acceptors (Lipinski definition) is 2. The third kappa shape index (κ3) is 2.15. The monoisotopic (exact) mass is 204 g/mol. The summed E-state index contributed by atoms with van der Waals surface area (Å²) in [6.45, 7) is 6.51. The van der Waals surface area contributed by atoms with E-state index in [2.05, 4.69) is 43.0 Å². The molecule has 0 radical (unpaired) electrons. The van der Waals surface area contributed by atoms with E-state index in [1.165, 1.54) is 11.3 Å². The molecule has 1 aromatic rings. The predicted molar refractivity (Wildman–Crippen MR) is 65.3 cm³/mol. The summed E-state index contributed by atoms with van der Waals surface area (Å²) in [5.41, 5.74) is 8.56. The van der Waals surface area contributed by atoms with E-state index < -0.39 is 0 Å². The van der Waals surface area contributed by atoms with Crippen LogP contribution in [0.2, 0.25) is 0 Å². The van der Waals surface area contributed by atoms with Gasteiger partial charge in [-0.05, 0) is 38.0 Å². The van der Waals surface area contributed by atoms with Gasteiger partial charge in [0, 0.05) is 30.7 Å². The number of nitrogens with two attached hydrogens (primary N) is 1. The molecule has 1 fully saturated rings. The summed E-state index contributed by atoms with van der Waals surface area (Å²) in [6, 6.07) is 9.29. The van der Waals surface area contributed by atoms with Crippen LogP contribution < -0.4 is 10.6 Å². The smallest absolute Gasteiger partial charge is 0.0366 e. The molecule has 15 heavy (non-hydrogen) atoms. The van der Waals surface area contributed by atoms with Crippen molar-refractivity contribution in [3.8, 4) is 0 Å². The predicted octanol–water partition coefficient (Wildman–Crippen LogP) is 2.35. The zero-order valence-corrected chi connectivity index (χ0v) is 9.61. The Hall–Kier alpha value is -1.02. The van der Waals surface area contributed by atoms with Crippen LogP contribution in [0.3, 0.4) is 0 Å². The second kappa shape index (κ2) is 4.23. The lowest BCUT2D eigenvalue weighted by Gasteiger charge is -2.21. The average molecular weight is 204 g/mol. The first-order valence-corrected chi connectivity index (χ1v) is 5.86. The summed E-state index contributed by atoms with van der Waals surface area (Å²) >= 11 is 0.